The third kappa shape index (κ3) is 3.01. The first-order valence-corrected chi connectivity index (χ1v) is 10.5. The van der Waals surface area contributed by atoms with E-state index in [2.05, 4.69) is 28.9 Å². The minimum Gasteiger partial charge on any atom is -0.324 e. The molecule has 2 atom stereocenters. The Balaban J connectivity index is 1.55. The van der Waals surface area contributed by atoms with Gasteiger partial charge in [0.1, 0.15) is 0 Å². The number of nitrogens with zero attached hydrogens (tertiary/aromatic N) is 3. The molecule has 2 heterocycles. The molecule has 0 bridgehead atoms. The van der Waals surface area contributed by atoms with Gasteiger partial charge in [0.2, 0.25) is 10.0 Å². The van der Waals surface area contributed by atoms with Crippen LogP contribution < -0.4 is 10.0 Å². The number of aromatic nitrogens is 2. The molecule has 2 aliphatic rings. The average Bonchev–Trinajstić information content (AvgIpc) is 2.95. The molecule has 0 unspecified atom stereocenters. The van der Waals surface area contributed by atoms with Crippen molar-refractivity contribution in [2.45, 2.75) is 49.8 Å². The summed E-state index contributed by atoms with van der Waals surface area (Å²) in [6, 6.07) is 7.40. The minimum atomic E-state index is -3.67. The van der Waals surface area contributed by atoms with E-state index in [1.54, 1.807) is 12.1 Å². The molecular weight excluding hydrogens is 352 g/mol. The highest BCUT2D eigenvalue weighted by Crippen LogP contribution is 2.69. The Hall–Kier alpha value is -1.93. The average molecular weight is 376 g/mol. The van der Waals surface area contributed by atoms with Crippen molar-refractivity contribution in [1.29, 1.82) is 0 Å². The van der Waals surface area contributed by atoms with Gasteiger partial charge in [0, 0.05) is 24.9 Å². The summed E-state index contributed by atoms with van der Waals surface area (Å²) in [5, 5.41) is 9.42. The lowest BCUT2D eigenvalue weighted by Crippen LogP contribution is -2.29. The Kier molecular flexibility index (Phi) is 4.07. The highest BCUT2D eigenvalue weighted by Gasteiger charge is 2.61. The van der Waals surface area contributed by atoms with Crippen LogP contribution in [0.3, 0.4) is 0 Å². The van der Waals surface area contributed by atoms with Gasteiger partial charge in [0.05, 0.1) is 4.90 Å². The van der Waals surface area contributed by atoms with E-state index in [0.29, 0.717) is 6.01 Å². The van der Waals surface area contributed by atoms with Crippen molar-refractivity contribution < 1.29 is 12.9 Å². The lowest BCUT2D eigenvalue weighted by molar-refractivity contribution is 0.394. The minimum absolute atomic E-state index is 0.00779. The van der Waals surface area contributed by atoms with Crippen LogP contribution in [0.2, 0.25) is 0 Å². The van der Waals surface area contributed by atoms with Gasteiger partial charge >= 0.3 is 6.01 Å². The monoisotopic (exact) mass is 376 g/mol. The zero-order valence-electron chi connectivity index (χ0n) is 15.1. The molecule has 1 saturated heterocycles. The third-order valence-corrected chi connectivity index (χ3v) is 6.66. The molecule has 1 aromatic heterocycles. The van der Waals surface area contributed by atoms with Gasteiger partial charge in [-0.05, 0) is 42.4 Å². The molecule has 1 aromatic carbocycles. The molecule has 1 saturated carbocycles. The Labute approximate surface area is 153 Å². The van der Waals surface area contributed by atoms with E-state index >= 15 is 0 Å². The van der Waals surface area contributed by atoms with E-state index < -0.39 is 10.0 Å². The summed E-state index contributed by atoms with van der Waals surface area (Å²) < 4.78 is 28.4. The molecule has 4 rings (SSSR count). The fraction of sp³-hybridized carbons (Fsp3) is 0.556. The largest absolute Gasteiger partial charge is 0.324 e. The van der Waals surface area contributed by atoms with Crippen molar-refractivity contribution in [3.63, 3.8) is 0 Å². The summed E-state index contributed by atoms with van der Waals surface area (Å²) in [6.07, 6.45) is 3.57. The van der Waals surface area contributed by atoms with Gasteiger partial charge in [-0.25, -0.2) is 13.6 Å². The van der Waals surface area contributed by atoms with Crippen LogP contribution in [0, 0.1) is 5.41 Å². The SMILES string of the molecule is CC1(C)[C@H](c2ccc(S(N)(=O)=O)cc2)[C@H]1c1noc(N2CCCCC2)n1. The second kappa shape index (κ2) is 6.06. The van der Waals surface area contributed by atoms with Crippen LogP contribution in [0.25, 0.3) is 0 Å². The topological polar surface area (TPSA) is 102 Å². The number of piperidine rings is 1. The molecular formula is C18H24N4O3S. The highest BCUT2D eigenvalue weighted by molar-refractivity contribution is 7.89. The summed E-state index contributed by atoms with van der Waals surface area (Å²) >= 11 is 0. The van der Waals surface area contributed by atoms with Crippen LogP contribution in [0.4, 0.5) is 6.01 Å². The van der Waals surface area contributed by atoms with E-state index in [-0.39, 0.29) is 22.1 Å². The predicted molar refractivity (Wildman–Crippen MR) is 97.4 cm³/mol. The molecule has 140 valence electrons. The number of sulfonamides is 1. The lowest BCUT2D eigenvalue weighted by Gasteiger charge is -2.23. The summed E-state index contributed by atoms with van der Waals surface area (Å²) in [5.41, 5.74) is 1.06. The molecule has 2 aromatic rings. The summed E-state index contributed by atoms with van der Waals surface area (Å²) in [7, 11) is -3.67. The summed E-state index contributed by atoms with van der Waals surface area (Å²) in [4.78, 5) is 6.94. The lowest BCUT2D eigenvalue weighted by atomic mass is 10.0. The van der Waals surface area contributed by atoms with Gasteiger partial charge in [-0.15, -0.1) is 0 Å². The van der Waals surface area contributed by atoms with Gasteiger partial charge in [0.25, 0.3) is 0 Å². The van der Waals surface area contributed by atoms with Crippen molar-refractivity contribution >= 4 is 16.0 Å². The van der Waals surface area contributed by atoms with E-state index in [1.807, 2.05) is 12.1 Å². The van der Waals surface area contributed by atoms with Crippen molar-refractivity contribution in [3.05, 3.63) is 35.7 Å². The maximum atomic E-state index is 11.4. The van der Waals surface area contributed by atoms with Crippen molar-refractivity contribution in [2.24, 2.45) is 10.6 Å². The zero-order valence-corrected chi connectivity index (χ0v) is 15.9. The van der Waals surface area contributed by atoms with E-state index in [4.69, 9.17) is 9.66 Å². The highest BCUT2D eigenvalue weighted by atomic mass is 32.2. The van der Waals surface area contributed by atoms with Gasteiger partial charge in [-0.2, -0.15) is 4.98 Å². The predicted octanol–water partition coefficient (Wildman–Crippen LogP) is 2.61. The van der Waals surface area contributed by atoms with Crippen LogP contribution in [-0.2, 0) is 10.0 Å². The van der Waals surface area contributed by atoms with Crippen LogP contribution in [0.5, 0.6) is 0 Å². The molecule has 0 amide bonds. The molecule has 7 nitrogen and oxygen atoms in total. The second-order valence-corrected chi connectivity index (χ2v) is 9.44. The first-order valence-electron chi connectivity index (χ1n) is 9.00. The molecule has 2 N–H and O–H groups in total. The number of hydrogen-bond acceptors (Lipinski definition) is 6. The van der Waals surface area contributed by atoms with E-state index in [1.165, 1.54) is 6.42 Å². The fourth-order valence-electron chi connectivity index (χ4n) is 4.17. The Morgan fingerprint density at radius 1 is 1.12 bits per heavy atom. The Morgan fingerprint density at radius 3 is 2.38 bits per heavy atom. The number of benzene rings is 1. The Bertz CT molecular complexity index is 899. The maximum absolute atomic E-state index is 11.4. The van der Waals surface area contributed by atoms with Gasteiger partial charge < -0.3 is 9.42 Å². The quantitative estimate of drug-likeness (QED) is 0.880. The molecule has 2 fully saturated rings. The van der Waals surface area contributed by atoms with E-state index in [0.717, 1.165) is 37.3 Å². The van der Waals surface area contributed by atoms with Gasteiger partial charge in [0.15, 0.2) is 5.82 Å². The van der Waals surface area contributed by atoms with Crippen molar-refractivity contribution in [1.82, 2.24) is 10.1 Å². The van der Waals surface area contributed by atoms with Crippen LogP contribution in [0.1, 0.15) is 56.3 Å². The molecule has 8 heteroatoms. The standard InChI is InChI=1S/C18H24N4O3S/c1-18(2)14(12-6-8-13(9-7-12)26(19,23)24)15(18)16-20-17(25-21-16)22-10-4-3-5-11-22/h6-9,14-15H,3-5,10-11H2,1-2H3,(H2,19,23,24)/t14-,15+/m1/s1. The normalized spacial score (nSPS) is 25.3. The number of primary sulfonamides is 1. The maximum Gasteiger partial charge on any atom is 0.324 e. The van der Waals surface area contributed by atoms with E-state index in [9.17, 15) is 8.42 Å². The molecule has 0 radical (unpaired) electrons. The van der Waals surface area contributed by atoms with Crippen molar-refractivity contribution in [2.75, 3.05) is 18.0 Å². The molecule has 26 heavy (non-hydrogen) atoms. The molecule has 1 aliphatic carbocycles. The first kappa shape index (κ1) is 17.5. The third-order valence-electron chi connectivity index (χ3n) is 5.73. The Morgan fingerprint density at radius 2 is 1.77 bits per heavy atom. The summed E-state index contributed by atoms with van der Waals surface area (Å²) in [5.74, 6) is 1.12. The second-order valence-electron chi connectivity index (χ2n) is 7.87. The van der Waals surface area contributed by atoms with Crippen molar-refractivity contribution in [3.8, 4) is 0 Å². The zero-order chi connectivity index (χ0) is 18.5. The fourth-order valence-corrected chi connectivity index (χ4v) is 4.69. The van der Waals surface area contributed by atoms with Crippen LogP contribution in [0.15, 0.2) is 33.7 Å². The van der Waals surface area contributed by atoms with Gasteiger partial charge in [-0.3, -0.25) is 0 Å². The van der Waals surface area contributed by atoms with Crippen LogP contribution in [-0.4, -0.2) is 31.6 Å². The van der Waals surface area contributed by atoms with Crippen LogP contribution >= 0.6 is 0 Å². The number of anilines is 1. The molecule has 0 spiro atoms. The first-order chi connectivity index (χ1) is 12.3. The summed E-state index contributed by atoms with van der Waals surface area (Å²) in [6.45, 7) is 6.28. The van der Waals surface area contributed by atoms with Gasteiger partial charge in [-0.1, -0.05) is 31.1 Å². The number of rotatable bonds is 4. The number of nitrogens with two attached hydrogens (primary N) is 1. The molecule has 1 aliphatic heterocycles. The number of hydrogen-bond donors (Lipinski definition) is 1. The smallest absolute Gasteiger partial charge is 0.324 e.